The highest BCUT2D eigenvalue weighted by atomic mass is 16.4. The molecule has 4 nitrogen and oxygen atoms in total. The molecule has 0 saturated carbocycles. The Morgan fingerprint density at radius 2 is 1.81 bits per heavy atom. The average molecular weight is 220 g/mol. The number of hydrogen-bond acceptors (Lipinski definition) is 3. The minimum atomic E-state index is -0.872. The van der Waals surface area contributed by atoms with Crippen molar-refractivity contribution in [2.75, 3.05) is 13.1 Å². The first-order valence-corrected chi connectivity index (χ1v) is 5.49. The lowest BCUT2D eigenvalue weighted by molar-refractivity contribution is 0.0697. The van der Waals surface area contributed by atoms with Crippen LogP contribution in [0.4, 0.5) is 0 Å². The smallest absolute Gasteiger partial charge is 0.335 e. The van der Waals surface area contributed by atoms with Crippen LogP contribution in [0.25, 0.3) is 0 Å². The lowest BCUT2D eigenvalue weighted by Gasteiger charge is -2.28. The molecular formula is C12H16N2O2. The summed E-state index contributed by atoms with van der Waals surface area (Å²) in [6, 6.07) is 7.18. The number of aromatic carboxylic acids is 1. The molecule has 0 aromatic heterocycles. The normalized spacial score (nSPS) is 18.6. The van der Waals surface area contributed by atoms with Crippen molar-refractivity contribution in [3.8, 4) is 0 Å². The topological polar surface area (TPSA) is 66.6 Å². The summed E-state index contributed by atoms with van der Waals surface area (Å²) < 4.78 is 0. The zero-order valence-corrected chi connectivity index (χ0v) is 9.10. The van der Waals surface area contributed by atoms with Gasteiger partial charge in [0.05, 0.1) is 5.56 Å². The van der Waals surface area contributed by atoms with E-state index in [-0.39, 0.29) is 0 Å². The molecule has 1 aliphatic rings. The first-order valence-electron chi connectivity index (χ1n) is 5.49. The lowest BCUT2D eigenvalue weighted by atomic mass is 9.89. The monoisotopic (exact) mass is 220 g/mol. The summed E-state index contributed by atoms with van der Waals surface area (Å²) in [6.45, 7) is 1.82. The van der Waals surface area contributed by atoms with E-state index in [1.54, 1.807) is 12.1 Å². The van der Waals surface area contributed by atoms with E-state index in [1.165, 1.54) is 5.56 Å². The Morgan fingerprint density at radius 3 is 2.31 bits per heavy atom. The first kappa shape index (κ1) is 11.1. The molecule has 0 aliphatic carbocycles. The molecule has 1 heterocycles. The van der Waals surface area contributed by atoms with Gasteiger partial charge in [0.1, 0.15) is 0 Å². The van der Waals surface area contributed by atoms with Gasteiger partial charge in [-0.25, -0.2) is 9.80 Å². The second kappa shape index (κ2) is 4.63. The summed E-state index contributed by atoms with van der Waals surface area (Å²) in [5.74, 6) is 5.34. The minimum absolute atomic E-state index is 0.347. The van der Waals surface area contributed by atoms with E-state index >= 15 is 0 Å². The van der Waals surface area contributed by atoms with Crippen molar-refractivity contribution in [2.24, 2.45) is 5.84 Å². The zero-order chi connectivity index (χ0) is 11.5. The van der Waals surface area contributed by atoms with Crippen LogP contribution in [0.1, 0.15) is 34.7 Å². The third kappa shape index (κ3) is 2.40. The quantitative estimate of drug-likeness (QED) is 0.740. The zero-order valence-electron chi connectivity index (χ0n) is 9.10. The summed E-state index contributed by atoms with van der Waals surface area (Å²) >= 11 is 0. The second-order valence-corrected chi connectivity index (χ2v) is 4.24. The number of hydrazine groups is 1. The van der Waals surface area contributed by atoms with Crippen molar-refractivity contribution in [1.82, 2.24) is 5.01 Å². The number of hydrogen-bond donors (Lipinski definition) is 2. The summed E-state index contributed by atoms with van der Waals surface area (Å²) in [6.07, 6.45) is 2.09. The molecule has 0 atom stereocenters. The predicted octanol–water partition coefficient (Wildman–Crippen LogP) is 1.44. The molecule has 4 heteroatoms. The van der Waals surface area contributed by atoms with Gasteiger partial charge in [0.15, 0.2) is 0 Å². The lowest BCUT2D eigenvalue weighted by Crippen LogP contribution is -2.38. The molecule has 0 bridgehead atoms. The fraction of sp³-hybridized carbons (Fsp3) is 0.417. The Kier molecular flexibility index (Phi) is 3.22. The maximum absolute atomic E-state index is 10.7. The van der Waals surface area contributed by atoms with E-state index < -0.39 is 5.97 Å². The van der Waals surface area contributed by atoms with Gasteiger partial charge in [-0.15, -0.1) is 0 Å². The van der Waals surface area contributed by atoms with Gasteiger partial charge in [0.25, 0.3) is 0 Å². The van der Waals surface area contributed by atoms with Gasteiger partial charge < -0.3 is 5.11 Å². The molecule has 0 amide bonds. The Labute approximate surface area is 94.6 Å². The summed E-state index contributed by atoms with van der Waals surface area (Å²) in [5, 5.41) is 10.6. The Bertz CT molecular complexity index is 367. The van der Waals surface area contributed by atoms with Crippen molar-refractivity contribution < 1.29 is 9.90 Å². The predicted molar refractivity (Wildman–Crippen MR) is 61.1 cm³/mol. The largest absolute Gasteiger partial charge is 0.478 e. The van der Waals surface area contributed by atoms with Gasteiger partial charge in [-0.05, 0) is 36.5 Å². The molecule has 3 N–H and O–H groups in total. The second-order valence-electron chi connectivity index (χ2n) is 4.24. The summed E-state index contributed by atoms with van der Waals surface area (Å²) in [4.78, 5) is 10.7. The number of benzene rings is 1. The maximum atomic E-state index is 10.7. The molecule has 1 aliphatic heterocycles. The number of rotatable bonds is 2. The van der Waals surface area contributed by atoms with Crippen LogP contribution in [0, 0.1) is 0 Å². The minimum Gasteiger partial charge on any atom is -0.478 e. The third-order valence-electron chi connectivity index (χ3n) is 3.16. The number of carboxylic acids is 1. The van der Waals surface area contributed by atoms with Crippen LogP contribution < -0.4 is 5.84 Å². The molecule has 16 heavy (non-hydrogen) atoms. The van der Waals surface area contributed by atoms with Crippen LogP contribution in [0.2, 0.25) is 0 Å². The number of carboxylic acid groups (broad SMARTS) is 1. The fourth-order valence-electron chi connectivity index (χ4n) is 2.13. The molecule has 2 rings (SSSR count). The van der Waals surface area contributed by atoms with Gasteiger partial charge >= 0.3 is 5.97 Å². The van der Waals surface area contributed by atoms with Crippen molar-refractivity contribution in [3.05, 3.63) is 35.4 Å². The Balaban J connectivity index is 2.07. The van der Waals surface area contributed by atoms with Crippen molar-refractivity contribution in [2.45, 2.75) is 18.8 Å². The van der Waals surface area contributed by atoms with E-state index in [9.17, 15) is 4.79 Å². The molecule has 1 aromatic rings. The summed E-state index contributed by atoms with van der Waals surface area (Å²) in [5.41, 5.74) is 1.57. The van der Waals surface area contributed by atoms with Crippen molar-refractivity contribution >= 4 is 5.97 Å². The molecule has 1 saturated heterocycles. The standard InChI is InChI=1S/C12H16N2O2/c13-14-7-5-10(6-8-14)9-1-3-11(4-2-9)12(15)16/h1-4,10H,5-8,13H2,(H,15,16). The molecular weight excluding hydrogens is 204 g/mol. The van der Waals surface area contributed by atoms with Crippen LogP contribution >= 0.6 is 0 Å². The number of carbonyl (C=O) groups is 1. The maximum Gasteiger partial charge on any atom is 0.335 e. The highest BCUT2D eigenvalue weighted by molar-refractivity contribution is 5.87. The molecule has 86 valence electrons. The van der Waals surface area contributed by atoms with E-state index in [0.29, 0.717) is 11.5 Å². The fourth-order valence-corrected chi connectivity index (χ4v) is 2.13. The molecule has 0 radical (unpaired) electrons. The molecule has 0 spiro atoms. The van der Waals surface area contributed by atoms with Crippen LogP contribution in [-0.4, -0.2) is 29.2 Å². The first-order chi connectivity index (χ1) is 7.66. The van der Waals surface area contributed by atoms with E-state index in [4.69, 9.17) is 10.9 Å². The van der Waals surface area contributed by atoms with Gasteiger partial charge in [-0.2, -0.15) is 0 Å². The Hall–Kier alpha value is -1.39. The summed E-state index contributed by atoms with van der Waals surface area (Å²) in [7, 11) is 0. The average Bonchev–Trinajstić information content (AvgIpc) is 2.30. The van der Waals surface area contributed by atoms with Gasteiger partial charge in [0, 0.05) is 13.1 Å². The van der Waals surface area contributed by atoms with Gasteiger partial charge in [-0.3, -0.25) is 5.84 Å². The van der Waals surface area contributed by atoms with Crippen LogP contribution in [0.5, 0.6) is 0 Å². The highest BCUT2D eigenvalue weighted by Crippen LogP contribution is 2.26. The van der Waals surface area contributed by atoms with Crippen molar-refractivity contribution in [1.29, 1.82) is 0 Å². The number of nitrogens with zero attached hydrogens (tertiary/aromatic N) is 1. The Morgan fingerprint density at radius 1 is 1.25 bits per heavy atom. The SMILES string of the molecule is NN1CCC(c2ccc(C(=O)O)cc2)CC1. The van der Waals surface area contributed by atoms with Gasteiger partial charge in [0.2, 0.25) is 0 Å². The van der Waals surface area contributed by atoms with Crippen LogP contribution in [0.15, 0.2) is 24.3 Å². The highest BCUT2D eigenvalue weighted by Gasteiger charge is 2.18. The van der Waals surface area contributed by atoms with Crippen LogP contribution in [-0.2, 0) is 0 Å². The molecule has 1 aromatic carbocycles. The molecule has 1 fully saturated rings. The number of piperidine rings is 1. The van der Waals surface area contributed by atoms with Crippen molar-refractivity contribution in [3.63, 3.8) is 0 Å². The van der Waals surface area contributed by atoms with E-state index in [2.05, 4.69) is 0 Å². The van der Waals surface area contributed by atoms with E-state index in [1.807, 2.05) is 17.1 Å². The molecule has 0 unspecified atom stereocenters. The number of nitrogens with two attached hydrogens (primary N) is 1. The van der Waals surface area contributed by atoms with Gasteiger partial charge in [-0.1, -0.05) is 12.1 Å². The van der Waals surface area contributed by atoms with Crippen LogP contribution in [0.3, 0.4) is 0 Å². The third-order valence-corrected chi connectivity index (χ3v) is 3.16. The van der Waals surface area contributed by atoms with E-state index in [0.717, 1.165) is 25.9 Å².